The molecule has 2 aromatic carbocycles. The number of methoxy groups -OCH3 is 1. The van der Waals surface area contributed by atoms with E-state index in [2.05, 4.69) is 15.1 Å². The number of aromatic nitrogens is 2. The number of benzene rings is 2. The van der Waals surface area contributed by atoms with Crippen LogP contribution in [0.2, 0.25) is 0 Å². The quantitative estimate of drug-likeness (QED) is 0.551. The third-order valence-electron chi connectivity index (χ3n) is 4.21. The summed E-state index contributed by atoms with van der Waals surface area (Å²) >= 11 is 0. The monoisotopic (exact) mass is 414 g/mol. The Morgan fingerprint density at radius 2 is 1.90 bits per heavy atom. The molecule has 0 saturated carbocycles. The second-order valence-electron chi connectivity index (χ2n) is 6.30. The van der Waals surface area contributed by atoms with Crippen LogP contribution < -0.4 is 10.0 Å². The molecule has 3 rings (SSSR count). The Hall–Kier alpha value is -3.01. The third-order valence-corrected chi connectivity index (χ3v) is 5.67. The van der Waals surface area contributed by atoms with E-state index in [1.807, 2.05) is 30.3 Å². The number of carbonyl (C=O) groups excluding carboxylic acids is 1. The number of hydrogen-bond donors (Lipinski definition) is 2. The predicted octanol–water partition coefficient (Wildman–Crippen LogP) is 2.36. The number of sulfonamides is 1. The highest BCUT2D eigenvalue weighted by molar-refractivity contribution is 7.89. The maximum Gasteiger partial charge on any atom is 0.257 e. The number of ether oxygens (including phenoxy) is 1. The van der Waals surface area contributed by atoms with Crippen LogP contribution in [0.5, 0.6) is 0 Å². The molecule has 2 N–H and O–H groups in total. The second-order valence-corrected chi connectivity index (χ2v) is 8.07. The number of nitrogens with one attached hydrogen (secondary N) is 2. The van der Waals surface area contributed by atoms with Crippen LogP contribution >= 0.6 is 0 Å². The van der Waals surface area contributed by atoms with Crippen LogP contribution in [0.1, 0.15) is 15.9 Å². The average Bonchev–Trinajstić information content (AvgIpc) is 3.17. The molecular formula is C20H22N4O4S. The summed E-state index contributed by atoms with van der Waals surface area (Å²) in [5.41, 5.74) is 1.77. The Labute approximate surface area is 169 Å². The van der Waals surface area contributed by atoms with Gasteiger partial charge in [0.1, 0.15) is 0 Å². The molecule has 0 spiro atoms. The SMILES string of the molecule is COCCNS(=O)(=O)c1ccc(C)c(C(=O)Nc2ccn(-c3ccccc3)n2)c1. The van der Waals surface area contributed by atoms with E-state index >= 15 is 0 Å². The topological polar surface area (TPSA) is 102 Å². The molecule has 29 heavy (non-hydrogen) atoms. The summed E-state index contributed by atoms with van der Waals surface area (Å²) in [6.45, 7) is 2.14. The molecule has 8 nitrogen and oxygen atoms in total. The van der Waals surface area contributed by atoms with E-state index in [4.69, 9.17) is 4.74 Å². The maximum atomic E-state index is 12.7. The van der Waals surface area contributed by atoms with Crippen molar-refractivity contribution in [3.05, 3.63) is 71.9 Å². The lowest BCUT2D eigenvalue weighted by molar-refractivity contribution is 0.102. The van der Waals surface area contributed by atoms with Gasteiger partial charge in [0, 0.05) is 31.5 Å². The molecule has 0 aliphatic rings. The van der Waals surface area contributed by atoms with E-state index in [1.165, 1.54) is 19.2 Å². The summed E-state index contributed by atoms with van der Waals surface area (Å²) in [6, 6.07) is 15.6. The lowest BCUT2D eigenvalue weighted by Crippen LogP contribution is -2.27. The van der Waals surface area contributed by atoms with Crippen molar-refractivity contribution >= 4 is 21.7 Å². The average molecular weight is 414 g/mol. The van der Waals surface area contributed by atoms with Crippen LogP contribution in [-0.2, 0) is 14.8 Å². The molecule has 0 aliphatic heterocycles. The molecule has 0 unspecified atom stereocenters. The van der Waals surface area contributed by atoms with Crippen molar-refractivity contribution in [2.24, 2.45) is 0 Å². The Morgan fingerprint density at radius 3 is 2.62 bits per heavy atom. The molecule has 0 radical (unpaired) electrons. The van der Waals surface area contributed by atoms with Crippen molar-refractivity contribution in [3.63, 3.8) is 0 Å². The minimum atomic E-state index is -3.74. The number of nitrogens with zero attached hydrogens (tertiary/aromatic N) is 2. The van der Waals surface area contributed by atoms with Crippen LogP contribution in [-0.4, -0.2) is 44.4 Å². The van der Waals surface area contributed by atoms with Crippen molar-refractivity contribution in [2.45, 2.75) is 11.8 Å². The zero-order valence-corrected chi connectivity index (χ0v) is 16.9. The minimum Gasteiger partial charge on any atom is -0.383 e. The van der Waals surface area contributed by atoms with Gasteiger partial charge in [-0.3, -0.25) is 4.79 Å². The van der Waals surface area contributed by atoms with Gasteiger partial charge in [-0.15, -0.1) is 0 Å². The Bertz CT molecular complexity index is 1090. The van der Waals surface area contributed by atoms with Gasteiger partial charge in [0.25, 0.3) is 5.91 Å². The van der Waals surface area contributed by atoms with Gasteiger partial charge in [0.15, 0.2) is 5.82 Å². The molecule has 1 heterocycles. The van der Waals surface area contributed by atoms with Gasteiger partial charge in [-0.2, -0.15) is 5.10 Å². The van der Waals surface area contributed by atoms with Crippen molar-refractivity contribution in [1.82, 2.24) is 14.5 Å². The maximum absolute atomic E-state index is 12.7. The number of hydrogen-bond acceptors (Lipinski definition) is 5. The summed E-state index contributed by atoms with van der Waals surface area (Å²) < 4.78 is 33.7. The Balaban J connectivity index is 1.78. The molecule has 9 heteroatoms. The minimum absolute atomic E-state index is 0.0131. The fourth-order valence-corrected chi connectivity index (χ4v) is 3.71. The normalized spacial score (nSPS) is 11.4. The standard InChI is InChI=1S/C20H22N4O4S/c1-15-8-9-17(29(26,27)21-11-13-28-2)14-18(15)20(25)22-19-10-12-24(23-19)16-6-4-3-5-7-16/h3-10,12,14,21H,11,13H2,1-2H3,(H,22,23,25). The number of para-hydroxylation sites is 1. The first-order valence-electron chi connectivity index (χ1n) is 8.92. The van der Waals surface area contributed by atoms with Crippen molar-refractivity contribution in [3.8, 4) is 5.69 Å². The van der Waals surface area contributed by atoms with Gasteiger partial charge in [-0.1, -0.05) is 24.3 Å². The fourth-order valence-electron chi connectivity index (χ4n) is 2.67. The Morgan fingerprint density at radius 1 is 1.14 bits per heavy atom. The van der Waals surface area contributed by atoms with E-state index in [-0.39, 0.29) is 23.6 Å². The lowest BCUT2D eigenvalue weighted by Gasteiger charge is -2.10. The van der Waals surface area contributed by atoms with Crippen LogP contribution in [0.3, 0.4) is 0 Å². The van der Waals surface area contributed by atoms with Crippen molar-refractivity contribution in [1.29, 1.82) is 0 Å². The number of amides is 1. The largest absolute Gasteiger partial charge is 0.383 e. The molecule has 0 bridgehead atoms. The summed E-state index contributed by atoms with van der Waals surface area (Å²) in [6.07, 6.45) is 1.73. The number of anilines is 1. The highest BCUT2D eigenvalue weighted by Gasteiger charge is 2.18. The molecule has 1 aromatic heterocycles. The van der Waals surface area contributed by atoms with Gasteiger partial charge >= 0.3 is 0 Å². The lowest BCUT2D eigenvalue weighted by atomic mass is 10.1. The fraction of sp³-hybridized carbons (Fsp3) is 0.200. The summed E-state index contributed by atoms with van der Waals surface area (Å²) in [5, 5.41) is 7.05. The number of aryl methyl sites for hydroxylation is 1. The van der Waals surface area contributed by atoms with Gasteiger partial charge < -0.3 is 10.1 Å². The van der Waals surface area contributed by atoms with Crippen LogP contribution in [0.15, 0.2) is 65.7 Å². The first kappa shape index (κ1) is 20.7. The summed E-state index contributed by atoms with van der Waals surface area (Å²) in [4.78, 5) is 12.7. The molecule has 0 saturated heterocycles. The molecule has 1 amide bonds. The molecule has 0 aliphatic carbocycles. The molecule has 0 atom stereocenters. The van der Waals surface area contributed by atoms with E-state index < -0.39 is 15.9 Å². The van der Waals surface area contributed by atoms with Gasteiger partial charge in [-0.25, -0.2) is 17.8 Å². The van der Waals surface area contributed by atoms with E-state index in [9.17, 15) is 13.2 Å². The third kappa shape index (κ3) is 5.08. The molecular weight excluding hydrogens is 392 g/mol. The molecule has 152 valence electrons. The predicted molar refractivity (Wildman–Crippen MR) is 110 cm³/mol. The van der Waals surface area contributed by atoms with E-state index in [0.717, 1.165) is 5.69 Å². The highest BCUT2D eigenvalue weighted by Crippen LogP contribution is 2.18. The van der Waals surface area contributed by atoms with Crippen LogP contribution in [0.4, 0.5) is 5.82 Å². The van der Waals surface area contributed by atoms with Gasteiger partial charge in [-0.05, 0) is 36.8 Å². The first-order chi connectivity index (χ1) is 13.9. The Kier molecular flexibility index (Phi) is 6.42. The van der Waals surface area contributed by atoms with Crippen LogP contribution in [0.25, 0.3) is 5.69 Å². The number of rotatable bonds is 8. The van der Waals surface area contributed by atoms with E-state index in [1.54, 1.807) is 29.9 Å². The van der Waals surface area contributed by atoms with E-state index in [0.29, 0.717) is 11.4 Å². The second kappa shape index (κ2) is 8.99. The summed E-state index contributed by atoms with van der Waals surface area (Å²) in [5.74, 6) is -0.0699. The number of carbonyl (C=O) groups is 1. The zero-order chi connectivity index (χ0) is 20.9. The molecule has 3 aromatic rings. The molecule has 0 fully saturated rings. The van der Waals surface area contributed by atoms with Gasteiger partial charge in [0.2, 0.25) is 10.0 Å². The first-order valence-corrected chi connectivity index (χ1v) is 10.4. The van der Waals surface area contributed by atoms with Crippen LogP contribution in [0, 0.1) is 6.92 Å². The van der Waals surface area contributed by atoms with Gasteiger partial charge in [0.05, 0.1) is 17.2 Å². The van der Waals surface area contributed by atoms with Crippen molar-refractivity contribution in [2.75, 3.05) is 25.6 Å². The van der Waals surface area contributed by atoms with Crippen molar-refractivity contribution < 1.29 is 17.9 Å². The highest BCUT2D eigenvalue weighted by atomic mass is 32.2. The smallest absolute Gasteiger partial charge is 0.257 e. The summed E-state index contributed by atoms with van der Waals surface area (Å²) in [7, 11) is -2.25. The zero-order valence-electron chi connectivity index (χ0n) is 16.1.